The second-order valence-electron chi connectivity index (χ2n) is 4.87. The zero-order chi connectivity index (χ0) is 11.0. The highest BCUT2D eigenvalue weighted by atomic mass is 79.9. The predicted molar refractivity (Wildman–Crippen MR) is 70.9 cm³/mol. The lowest BCUT2D eigenvalue weighted by molar-refractivity contribution is 0.283. The molecule has 1 aromatic rings. The maximum Gasteiger partial charge on any atom is 0.0368 e. The molecule has 86 valence electrons. The summed E-state index contributed by atoms with van der Waals surface area (Å²) in [4.78, 5) is 2.53. The summed E-state index contributed by atoms with van der Waals surface area (Å²) in [6.07, 6.45) is 4.07. The molecule has 2 fully saturated rings. The smallest absolute Gasteiger partial charge is 0.0368 e. The minimum Gasteiger partial charge on any atom is -0.368 e. The summed E-state index contributed by atoms with van der Waals surface area (Å²) in [6, 6.07) is 10.1. The summed E-state index contributed by atoms with van der Waals surface area (Å²) < 4.78 is 1.16. The van der Waals surface area contributed by atoms with E-state index >= 15 is 0 Å². The number of halogens is 1. The third kappa shape index (κ3) is 2.11. The Morgan fingerprint density at radius 1 is 1.06 bits per heavy atom. The van der Waals surface area contributed by atoms with Crippen LogP contribution in [-0.4, -0.2) is 25.2 Å². The second-order valence-corrected chi connectivity index (χ2v) is 5.79. The molecule has 0 spiro atoms. The topological polar surface area (TPSA) is 15.3 Å². The van der Waals surface area contributed by atoms with Crippen LogP contribution in [0.5, 0.6) is 0 Å². The maximum absolute atomic E-state index is 3.71. The Balaban J connectivity index is 1.77. The van der Waals surface area contributed by atoms with Crippen LogP contribution in [0.2, 0.25) is 0 Å². The van der Waals surface area contributed by atoms with Crippen molar-refractivity contribution < 1.29 is 0 Å². The Bertz CT molecular complexity index is 351. The van der Waals surface area contributed by atoms with Crippen molar-refractivity contribution in [2.75, 3.05) is 18.0 Å². The molecule has 2 saturated heterocycles. The highest BCUT2D eigenvalue weighted by molar-refractivity contribution is 9.10. The Hall–Kier alpha value is -0.540. The number of piperazine rings is 1. The van der Waals surface area contributed by atoms with Crippen LogP contribution in [-0.2, 0) is 0 Å². The molecule has 0 amide bonds. The van der Waals surface area contributed by atoms with Gasteiger partial charge in [0.05, 0.1) is 0 Å². The molecule has 0 saturated carbocycles. The van der Waals surface area contributed by atoms with Crippen LogP contribution in [0.25, 0.3) is 0 Å². The first-order chi connectivity index (χ1) is 7.81. The molecule has 2 nitrogen and oxygen atoms in total. The van der Waals surface area contributed by atoms with Gasteiger partial charge in [0.1, 0.15) is 0 Å². The van der Waals surface area contributed by atoms with Crippen molar-refractivity contribution in [3.05, 3.63) is 28.7 Å². The molecule has 16 heavy (non-hydrogen) atoms. The monoisotopic (exact) mass is 280 g/mol. The normalized spacial score (nSPS) is 29.2. The average molecular weight is 281 g/mol. The van der Waals surface area contributed by atoms with E-state index in [0.29, 0.717) is 12.1 Å². The third-order valence-corrected chi connectivity index (χ3v) is 4.18. The molecule has 3 heteroatoms. The molecule has 2 aliphatic heterocycles. The molecule has 2 bridgehead atoms. The van der Waals surface area contributed by atoms with Crippen LogP contribution in [0, 0.1) is 0 Å². The first-order valence-corrected chi connectivity index (χ1v) is 6.87. The molecule has 1 aromatic carbocycles. The van der Waals surface area contributed by atoms with Crippen molar-refractivity contribution in [1.82, 2.24) is 5.32 Å². The zero-order valence-electron chi connectivity index (χ0n) is 9.32. The molecule has 2 unspecified atom stereocenters. The average Bonchev–Trinajstić information content (AvgIpc) is 2.29. The minimum absolute atomic E-state index is 0.705. The second kappa shape index (κ2) is 4.38. The zero-order valence-corrected chi connectivity index (χ0v) is 10.9. The van der Waals surface area contributed by atoms with E-state index in [-0.39, 0.29) is 0 Å². The van der Waals surface area contributed by atoms with E-state index in [1.807, 2.05) is 0 Å². The van der Waals surface area contributed by atoms with E-state index in [1.54, 1.807) is 0 Å². The molecule has 0 aliphatic carbocycles. The van der Waals surface area contributed by atoms with Crippen molar-refractivity contribution in [3.63, 3.8) is 0 Å². The van der Waals surface area contributed by atoms with E-state index in [1.165, 1.54) is 24.9 Å². The summed E-state index contributed by atoms with van der Waals surface area (Å²) in [7, 11) is 0. The van der Waals surface area contributed by atoms with E-state index in [0.717, 1.165) is 17.6 Å². The van der Waals surface area contributed by atoms with Gasteiger partial charge in [-0.15, -0.1) is 0 Å². The van der Waals surface area contributed by atoms with Gasteiger partial charge in [0.2, 0.25) is 0 Å². The number of hydrogen-bond acceptors (Lipinski definition) is 2. The van der Waals surface area contributed by atoms with Crippen molar-refractivity contribution in [1.29, 1.82) is 0 Å². The SMILES string of the molecule is Brc1ccc(N2CC3CCCC(C2)N3)cc1. The number of hydrogen-bond donors (Lipinski definition) is 1. The van der Waals surface area contributed by atoms with E-state index in [2.05, 4.69) is 50.4 Å². The summed E-state index contributed by atoms with van der Waals surface area (Å²) >= 11 is 3.49. The van der Waals surface area contributed by atoms with Crippen LogP contribution in [0.15, 0.2) is 28.7 Å². The molecule has 2 atom stereocenters. The van der Waals surface area contributed by atoms with Gasteiger partial charge in [-0.1, -0.05) is 22.4 Å². The Morgan fingerprint density at radius 3 is 2.31 bits per heavy atom. The first-order valence-electron chi connectivity index (χ1n) is 6.08. The molecular formula is C13H17BrN2. The van der Waals surface area contributed by atoms with Crippen molar-refractivity contribution in [3.8, 4) is 0 Å². The summed E-state index contributed by atoms with van der Waals surface area (Å²) in [5.41, 5.74) is 1.36. The fourth-order valence-electron chi connectivity index (χ4n) is 2.87. The fourth-order valence-corrected chi connectivity index (χ4v) is 3.13. The quantitative estimate of drug-likeness (QED) is 0.851. The number of piperidine rings is 1. The molecule has 1 N–H and O–H groups in total. The van der Waals surface area contributed by atoms with Gasteiger partial charge in [-0.3, -0.25) is 0 Å². The van der Waals surface area contributed by atoms with Gasteiger partial charge in [-0.05, 0) is 37.1 Å². The van der Waals surface area contributed by atoms with Gasteiger partial charge in [0.15, 0.2) is 0 Å². The summed E-state index contributed by atoms with van der Waals surface area (Å²) in [5.74, 6) is 0. The van der Waals surface area contributed by atoms with Crippen molar-refractivity contribution >= 4 is 21.6 Å². The summed E-state index contributed by atoms with van der Waals surface area (Å²) in [6.45, 7) is 2.33. The third-order valence-electron chi connectivity index (χ3n) is 3.65. The number of anilines is 1. The van der Waals surface area contributed by atoms with Gasteiger partial charge in [0.25, 0.3) is 0 Å². The van der Waals surface area contributed by atoms with Gasteiger partial charge in [0, 0.05) is 35.3 Å². The van der Waals surface area contributed by atoms with E-state index in [9.17, 15) is 0 Å². The van der Waals surface area contributed by atoms with Gasteiger partial charge in [-0.25, -0.2) is 0 Å². The maximum atomic E-state index is 3.71. The van der Waals surface area contributed by atoms with Crippen molar-refractivity contribution in [2.45, 2.75) is 31.3 Å². The van der Waals surface area contributed by atoms with Crippen LogP contribution in [0.4, 0.5) is 5.69 Å². The van der Waals surface area contributed by atoms with Gasteiger partial charge in [-0.2, -0.15) is 0 Å². The van der Waals surface area contributed by atoms with Crippen LogP contribution < -0.4 is 10.2 Å². The van der Waals surface area contributed by atoms with Crippen molar-refractivity contribution in [2.24, 2.45) is 0 Å². The number of fused-ring (bicyclic) bond motifs is 2. The molecule has 3 rings (SSSR count). The Kier molecular flexibility index (Phi) is 2.90. The largest absolute Gasteiger partial charge is 0.368 e. The molecular weight excluding hydrogens is 264 g/mol. The Labute approximate surface area is 105 Å². The van der Waals surface area contributed by atoms with E-state index in [4.69, 9.17) is 0 Å². The van der Waals surface area contributed by atoms with Gasteiger partial charge < -0.3 is 10.2 Å². The van der Waals surface area contributed by atoms with Crippen LogP contribution in [0.3, 0.4) is 0 Å². The first kappa shape index (κ1) is 10.6. The lowest BCUT2D eigenvalue weighted by atomic mass is 9.94. The number of nitrogens with one attached hydrogen (secondary N) is 1. The van der Waals surface area contributed by atoms with Crippen LogP contribution >= 0.6 is 15.9 Å². The highest BCUT2D eigenvalue weighted by Gasteiger charge is 2.29. The molecule has 0 aromatic heterocycles. The number of rotatable bonds is 1. The molecule has 0 radical (unpaired) electrons. The molecule has 2 heterocycles. The predicted octanol–water partition coefficient (Wildman–Crippen LogP) is 2.78. The molecule has 2 aliphatic rings. The highest BCUT2D eigenvalue weighted by Crippen LogP contribution is 2.25. The Morgan fingerprint density at radius 2 is 1.69 bits per heavy atom. The standard InChI is InChI=1S/C13H17BrN2/c14-10-4-6-13(7-5-10)16-8-11-2-1-3-12(9-16)15-11/h4-7,11-12,15H,1-3,8-9H2. The minimum atomic E-state index is 0.705. The number of nitrogens with zero attached hydrogens (tertiary/aromatic N) is 1. The van der Waals surface area contributed by atoms with Crippen LogP contribution in [0.1, 0.15) is 19.3 Å². The lowest BCUT2D eigenvalue weighted by Gasteiger charge is -2.43. The lowest BCUT2D eigenvalue weighted by Crippen LogP contribution is -2.58. The van der Waals surface area contributed by atoms with E-state index < -0.39 is 0 Å². The van der Waals surface area contributed by atoms with Gasteiger partial charge >= 0.3 is 0 Å². The summed E-state index contributed by atoms with van der Waals surface area (Å²) in [5, 5.41) is 3.71. The fraction of sp³-hybridized carbons (Fsp3) is 0.538. The number of benzene rings is 1.